The maximum atomic E-state index is 11.9. The largest absolute Gasteiger partial charge is 0.414 e. The predicted octanol–water partition coefficient (Wildman–Crippen LogP) is 2.88. The Labute approximate surface area is 137 Å². The van der Waals surface area contributed by atoms with Gasteiger partial charge >= 0.3 is 0 Å². The number of benzene rings is 1. The van der Waals surface area contributed by atoms with Crippen molar-refractivity contribution in [3.63, 3.8) is 0 Å². The molecule has 116 valence electrons. The minimum Gasteiger partial charge on any atom is -0.414 e. The Morgan fingerprint density at radius 3 is 3.18 bits per heavy atom. The maximum Gasteiger partial charge on any atom is 0.277 e. The summed E-state index contributed by atoms with van der Waals surface area (Å²) < 4.78 is 5.56. The molecule has 1 aromatic heterocycles. The van der Waals surface area contributed by atoms with Crippen molar-refractivity contribution in [2.75, 3.05) is 17.6 Å². The van der Waals surface area contributed by atoms with Crippen LogP contribution in [-0.2, 0) is 4.79 Å². The van der Waals surface area contributed by atoms with Gasteiger partial charge in [0.15, 0.2) is 0 Å². The van der Waals surface area contributed by atoms with E-state index in [1.807, 2.05) is 0 Å². The van der Waals surface area contributed by atoms with Gasteiger partial charge in [0.05, 0.1) is 11.8 Å². The van der Waals surface area contributed by atoms with Gasteiger partial charge in [-0.1, -0.05) is 29.4 Å². The molecule has 8 heteroatoms. The summed E-state index contributed by atoms with van der Waals surface area (Å²) in [7, 11) is 0. The second kappa shape index (κ2) is 7.13. The number of hydrogen-bond acceptors (Lipinski definition) is 6. The molecule has 1 fully saturated rings. The molecule has 1 aromatic carbocycles. The van der Waals surface area contributed by atoms with Crippen molar-refractivity contribution in [3.05, 3.63) is 35.2 Å². The van der Waals surface area contributed by atoms with Crippen LogP contribution in [0.1, 0.15) is 24.8 Å². The average Bonchev–Trinajstić information content (AvgIpc) is 3.16. The molecule has 0 saturated carbocycles. The van der Waals surface area contributed by atoms with E-state index in [-0.39, 0.29) is 17.7 Å². The lowest BCUT2D eigenvalue weighted by atomic mass is 10.2. The Morgan fingerprint density at radius 1 is 1.50 bits per heavy atom. The van der Waals surface area contributed by atoms with Crippen LogP contribution >= 0.6 is 23.4 Å². The molecular formula is C14H15ClN4O2S. The van der Waals surface area contributed by atoms with E-state index in [0.717, 1.165) is 19.4 Å². The molecule has 22 heavy (non-hydrogen) atoms. The van der Waals surface area contributed by atoms with Crippen LogP contribution in [0.3, 0.4) is 0 Å². The molecule has 1 amide bonds. The predicted molar refractivity (Wildman–Crippen MR) is 85.1 cm³/mol. The summed E-state index contributed by atoms with van der Waals surface area (Å²) in [5.74, 6) is 0.646. The van der Waals surface area contributed by atoms with Gasteiger partial charge in [0, 0.05) is 10.7 Å². The monoisotopic (exact) mass is 338 g/mol. The highest BCUT2D eigenvalue weighted by molar-refractivity contribution is 7.99. The van der Waals surface area contributed by atoms with E-state index in [0.29, 0.717) is 21.8 Å². The second-order valence-corrected chi connectivity index (χ2v) is 6.27. The van der Waals surface area contributed by atoms with Crippen LogP contribution in [0, 0.1) is 0 Å². The number of amides is 1. The Kier molecular flexibility index (Phi) is 4.97. The first-order valence-electron chi connectivity index (χ1n) is 6.96. The Hall–Kier alpha value is -1.57. The van der Waals surface area contributed by atoms with E-state index in [9.17, 15) is 4.79 Å². The van der Waals surface area contributed by atoms with Gasteiger partial charge in [-0.2, -0.15) is 0 Å². The third kappa shape index (κ3) is 4.00. The number of carbonyl (C=O) groups excluding carboxylic acids is 1. The van der Waals surface area contributed by atoms with E-state index in [1.54, 1.807) is 24.3 Å². The summed E-state index contributed by atoms with van der Waals surface area (Å²) in [4.78, 5) is 11.9. The number of thioether (sulfide) groups is 1. The van der Waals surface area contributed by atoms with Crippen molar-refractivity contribution in [2.24, 2.45) is 0 Å². The molecule has 1 saturated heterocycles. The highest BCUT2D eigenvalue weighted by Crippen LogP contribution is 2.25. The first-order valence-corrected chi connectivity index (χ1v) is 8.32. The van der Waals surface area contributed by atoms with E-state index in [1.165, 1.54) is 11.8 Å². The topological polar surface area (TPSA) is 80.1 Å². The molecule has 0 radical (unpaired) electrons. The first kappa shape index (κ1) is 15.3. The minimum atomic E-state index is -0.147. The van der Waals surface area contributed by atoms with Crippen LogP contribution in [-0.4, -0.2) is 28.4 Å². The van der Waals surface area contributed by atoms with E-state index in [2.05, 4.69) is 20.8 Å². The van der Waals surface area contributed by atoms with Crippen LogP contribution in [0.5, 0.6) is 0 Å². The standard InChI is InChI=1S/C14H15ClN4O2S/c15-9-3-1-4-10(7-9)17-12(20)8-22-14-19-18-13(21-14)11-5-2-6-16-11/h1,3-4,7,11,16H,2,5-6,8H2,(H,17,20)/t11-/m0/s1. The Balaban J connectivity index is 1.50. The summed E-state index contributed by atoms with van der Waals surface area (Å²) >= 11 is 7.09. The molecule has 2 N–H and O–H groups in total. The second-order valence-electron chi connectivity index (χ2n) is 4.90. The van der Waals surface area contributed by atoms with E-state index in [4.69, 9.17) is 16.0 Å². The highest BCUT2D eigenvalue weighted by Gasteiger charge is 2.22. The molecule has 0 aliphatic carbocycles. The third-order valence-corrected chi connectivity index (χ3v) is 4.27. The molecule has 1 atom stereocenters. The minimum absolute atomic E-state index is 0.141. The maximum absolute atomic E-state index is 11.9. The molecule has 2 aromatic rings. The smallest absolute Gasteiger partial charge is 0.277 e. The summed E-state index contributed by atoms with van der Waals surface area (Å²) in [5.41, 5.74) is 0.666. The zero-order valence-electron chi connectivity index (χ0n) is 11.7. The zero-order chi connectivity index (χ0) is 15.4. The number of rotatable bonds is 5. The van der Waals surface area contributed by atoms with Crippen molar-refractivity contribution in [2.45, 2.75) is 24.1 Å². The fraction of sp³-hybridized carbons (Fsp3) is 0.357. The number of aromatic nitrogens is 2. The van der Waals surface area contributed by atoms with Gasteiger partial charge in [0.2, 0.25) is 11.8 Å². The van der Waals surface area contributed by atoms with Crippen LogP contribution in [0.4, 0.5) is 5.69 Å². The van der Waals surface area contributed by atoms with Crippen molar-refractivity contribution in [1.82, 2.24) is 15.5 Å². The lowest BCUT2D eigenvalue weighted by Crippen LogP contribution is -2.13. The molecule has 0 unspecified atom stereocenters. The van der Waals surface area contributed by atoms with Crippen LogP contribution in [0.15, 0.2) is 33.9 Å². The van der Waals surface area contributed by atoms with E-state index < -0.39 is 0 Å². The van der Waals surface area contributed by atoms with Gasteiger partial charge < -0.3 is 15.1 Å². The van der Waals surface area contributed by atoms with Gasteiger partial charge in [-0.15, -0.1) is 10.2 Å². The SMILES string of the molecule is O=C(CSc1nnc([C@@H]2CCCN2)o1)Nc1cccc(Cl)c1. The average molecular weight is 339 g/mol. The number of carbonyl (C=O) groups is 1. The molecule has 2 heterocycles. The van der Waals surface area contributed by atoms with Crippen molar-refractivity contribution in [3.8, 4) is 0 Å². The van der Waals surface area contributed by atoms with Crippen LogP contribution in [0.25, 0.3) is 0 Å². The number of halogens is 1. The lowest BCUT2D eigenvalue weighted by molar-refractivity contribution is -0.113. The highest BCUT2D eigenvalue weighted by atomic mass is 35.5. The normalized spacial score (nSPS) is 17.6. The van der Waals surface area contributed by atoms with Gasteiger partial charge in [0.25, 0.3) is 5.22 Å². The zero-order valence-corrected chi connectivity index (χ0v) is 13.3. The van der Waals surface area contributed by atoms with Crippen molar-refractivity contribution in [1.29, 1.82) is 0 Å². The van der Waals surface area contributed by atoms with Gasteiger partial charge in [-0.3, -0.25) is 4.79 Å². The fourth-order valence-electron chi connectivity index (χ4n) is 2.21. The number of anilines is 1. The molecule has 0 bridgehead atoms. The fourth-order valence-corrected chi connectivity index (χ4v) is 2.97. The quantitative estimate of drug-likeness (QED) is 0.816. The van der Waals surface area contributed by atoms with Gasteiger partial charge in [0.1, 0.15) is 0 Å². The first-order chi connectivity index (χ1) is 10.7. The molecular weight excluding hydrogens is 324 g/mol. The van der Waals surface area contributed by atoms with Gasteiger partial charge in [-0.25, -0.2) is 0 Å². The molecule has 1 aliphatic heterocycles. The summed E-state index contributed by atoms with van der Waals surface area (Å²) in [6.07, 6.45) is 2.11. The van der Waals surface area contributed by atoms with Gasteiger partial charge in [-0.05, 0) is 37.6 Å². The Bertz CT molecular complexity index is 658. The summed E-state index contributed by atoms with van der Waals surface area (Å²) in [6.45, 7) is 0.970. The summed E-state index contributed by atoms with van der Waals surface area (Å²) in [5, 5.41) is 15.0. The lowest BCUT2D eigenvalue weighted by Gasteiger charge is -2.04. The van der Waals surface area contributed by atoms with Crippen LogP contribution in [0.2, 0.25) is 5.02 Å². The molecule has 6 nitrogen and oxygen atoms in total. The number of nitrogens with zero attached hydrogens (tertiary/aromatic N) is 2. The third-order valence-electron chi connectivity index (χ3n) is 3.22. The molecule has 3 rings (SSSR count). The van der Waals surface area contributed by atoms with E-state index >= 15 is 0 Å². The van der Waals surface area contributed by atoms with Crippen molar-refractivity contribution >= 4 is 35.0 Å². The van der Waals surface area contributed by atoms with Crippen LogP contribution < -0.4 is 10.6 Å². The van der Waals surface area contributed by atoms with Crippen molar-refractivity contribution < 1.29 is 9.21 Å². The molecule has 1 aliphatic rings. The number of nitrogens with one attached hydrogen (secondary N) is 2. The Morgan fingerprint density at radius 2 is 2.41 bits per heavy atom. The molecule has 0 spiro atoms. The number of hydrogen-bond donors (Lipinski definition) is 2. The summed E-state index contributed by atoms with van der Waals surface area (Å²) in [6, 6.07) is 7.15.